The van der Waals surface area contributed by atoms with Crippen LogP contribution in [-0.4, -0.2) is 49.1 Å². The Bertz CT molecular complexity index is 1210. The summed E-state index contributed by atoms with van der Waals surface area (Å²) in [6.07, 6.45) is 1.69. The molecule has 0 aliphatic heterocycles. The van der Waals surface area contributed by atoms with Gasteiger partial charge in [0.1, 0.15) is 12.4 Å². The number of nitrogens with one attached hydrogen (secondary N) is 3. The highest BCUT2D eigenvalue weighted by Gasteiger charge is 2.30. The third kappa shape index (κ3) is 6.15. The SMILES string of the molecule is CNS(=O)(=O)CCNC(=O)Cn1c(C)nc(-c2ccc(Cl)cc2NC(=O)C2CC2)cc1=O. The lowest BCUT2D eigenvalue weighted by Gasteiger charge is -2.14. The maximum atomic E-state index is 12.7. The number of carbonyl (C=O) groups excluding carboxylic acids is 2. The van der Waals surface area contributed by atoms with E-state index in [-0.39, 0.29) is 30.7 Å². The minimum Gasteiger partial charge on any atom is -0.353 e. The molecule has 2 aromatic rings. The smallest absolute Gasteiger partial charge is 0.254 e. The first-order chi connectivity index (χ1) is 15.1. The number of hydrogen-bond donors (Lipinski definition) is 3. The molecule has 3 rings (SSSR count). The van der Waals surface area contributed by atoms with Crippen molar-refractivity contribution in [2.75, 3.05) is 24.7 Å². The van der Waals surface area contributed by atoms with Crippen molar-refractivity contribution in [2.45, 2.75) is 26.3 Å². The fourth-order valence-electron chi connectivity index (χ4n) is 3.00. The summed E-state index contributed by atoms with van der Waals surface area (Å²) in [5, 5.41) is 5.75. The molecule has 2 amide bonds. The van der Waals surface area contributed by atoms with Gasteiger partial charge in [0.2, 0.25) is 21.8 Å². The molecule has 1 aromatic heterocycles. The summed E-state index contributed by atoms with van der Waals surface area (Å²) in [5.74, 6) is -0.604. The van der Waals surface area contributed by atoms with Crippen molar-refractivity contribution in [1.29, 1.82) is 0 Å². The Morgan fingerprint density at radius 2 is 1.97 bits per heavy atom. The Kier molecular flexibility index (Phi) is 7.32. The van der Waals surface area contributed by atoms with Crippen LogP contribution >= 0.6 is 11.6 Å². The van der Waals surface area contributed by atoms with Crippen LogP contribution in [-0.2, 0) is 26.2 Å². The van der Waals surface area contributed by atoms with Crippen LogP contribution in [0.5, 0.6) is 0 Å². The van der Waals surface area contributed by atoms with Gasteiger partial charge >= 0.3 is 0 Å². The van der Waals surface area contributed by atoms with E-state index in [0.29, 0.717) is 27.8 Å². The first kappa shape index (κ1) is 23.9. The third-order valence-electron chi connectivity index (χ3n) is 4.97. The lowest BCUT2D eigenvalue weighted by Crippen LogP contribution is -2.37. The number of amides is 2. The van der Waals surface area contributed by atoms with Gasteiger partial charge in [-0.25, -0.2) is 18.1 Å². The Hall–Kier alpha value is -2.76. The maximum Gasteiger partial charge on any atom is 0.254 e. The number of sulfonamides is 1. The largest absolute Gasteiger partial charge is 0.353 e. The van der Waals surface area contributed by atoms with Crippen LogP contribution in [0.2, 0.25) is 5.02 Å². The van der Waals surface area contributed by atoms with Gasteiger partial charge in [-0.15, -0.1) is 0 Å². The van der Waals surface area contributed by atoms with E-state index >= 15 is 0 Å². The van der Waals surface area contributed by atoms with Gasteiger partial charge < -0.3 is 10.6 Å². The van der Waals surface area contributed by atoms with Crippen LogP contribution in [0.15, 0.2) is 29.1 Å². The molecule has 1 fully saturated rings. The number of aryl methyl sites for hydroxylation is 1. The molecule has 1 aliphatic carbocycles. The molecule has 10 nitrogen and oxygen atoms in total. The molecule has 1 saturated carbocycles. The summed E-state index contributed by atoms with van der Waals surface area (Å²) in [6.45, 7) is 1.20. The Morgan fingerprint density at radius 3 is 2.59 bits per heavy atom. The van der Waals surface area contributed by atoms with Gasteiger partial charge in [-0.2, -0.15) is 0 Å². The topological polar surface area (TPSA) is 139 Å². The normalized spacial score (nSPS) is 13.6. The Labute approximate surface area is 190 Å². The van der Waals surface area contributed by atoms with Gasteiger partial charge in [-0.05, 0) is 45.0 Å². The van der Waals surface area contributed by atoms with E-state index in [0.717, 1.165) is 12.8 Å². The first-order valence-electron chi connectivity index (χ1n) is 9.97. The quantitative estimate of drug-likeness (QED) is 0.486. The predicted molar refractivity (Wildman–Crippen MR) is 121 cm³/mol. The third-order valence-corrected chi connectivity index (χ3v) is 6.57. The highest BCUT2D eigenvalue weighted by atomic mass is 35.5. The average molecular weight is 482 g/mol. The van der Waals surface area contributed by atoms with Crippen LogP contribution in [0, 0.1) is 12.8 Å². The number of aromatic nitrogens is 2. The molecule has 172 valence electrons. The molecule has 0 saturated heterocycles. The Morgan fingerprint density at radius 1 is 1.25 bits per heavy atom. The summed E-state index contributed by atoms with van der Waals surface area (Å²) in [6, 6.07) is 6.19. The summed E-state index contributed by atoms with van der Waals surface area (Å²) in [4.78, 5) is 41.5. The molecule has 32 heavy (non-hydrogen) atoms. The molecule has 1 heterocycles. The van der Waals surface area contributed by atoms with E-state index < -0.39 is 21.5 Å². The number of benzene rings is 1. The lowest BCUT2D eigenvalue weighted by molar-refractivity contribution is -0.121. The molecular formula is C20H24ClN5O5S. The minimum absolute atomic E-state index is 0.00821. The van der Waals surface area contributed by atoms with Crippen LogP contribution in [0.3, 0.4) is 0 Å². The highest BCUT2D eigenvalue weighted by Crippen LogP contribution is 2.33. The zero-order valence-corrected chi connectivity index (χ0v) is 19.2. The zero-order valence-electron chi connectivity index (χ0n) is 17.6. The summed E-state index contributed by atoms with van der Waals surface area (Å²) in [5.41, 5.74) is 0.881. The fraction of sp³-hybridized carbons (Fsp3) is 0.400. The zero-order chi connectivity index (χ0) is 23.5. The molecule has 0 unspecified atom stereocenters. The van der Waals surface area contributed by atoms with Crippen molar-refractivity contribution in [3.05, 3.63) is 45.5 Å². The van der Waals surface area contributed by atoms with Crippen molar-refractivity contribution in [3.63, 3.8) is 0 Å². The van der Waals surface area contributed by atoms with Crippen molar-refractivity contribution in [3.8, 4) is 11.3 Å². The van der Waals surface area contributed by atoms with Crippen LogP contribution < -0.4 is 20.9 Å². The van der Waals surface area contributed by atoms with E-state index in [1.807, 2.05) is 0 Å². The van der Waals surface area contributed by atoms with Gasteiger partial charge in [0.05, 0.1) is 17.1 Å². The van der Waals surface area contributed by atoms with E-state index in [9.17, 15) is 22.8 Å². The lowest BCUT2D eigenvalue weighted by atomic mass is 10.1. The molecule has 3 N–H and O–H groups in total. The molecule has 12 heteroatoms. The van der Waals surface area contributed by atoms with Gasteiger partial charge in [0, 0.05) is 29.1 Å². The summed E-state index contributed by atoms with van der Waals surface area (Å²) >= 11 is 6.08. The van der Waals surface area contributed by atoms with Crippen LogP contribution in [0.1, 0.15) is 18.7 Å². The second-order valence-electron chi connectivity index (χ2n) is 7.44. The number of hydrogen-bond acceptors (Lipinski definition) is 6. The van der Waals surface area contributed by atoms with E-state index in [1.54, 1.807) is 25.1 Å². The van der Waals surface area contributed by atoms with Crippen molar-refractivity contribution < 1.29 is 18.0 Å². The van der Waals surface area contributed by atoms with Crippen LogP contribution in [0.4, 0.5) is 5.69 Å². The molecule has 0 bridgehead atoms. The molecule has 1 aliphatic rings. The molecule has 1 aromatic carbocycles. The second kappa shape index (κ2) is 9.80. The second-order valence-corrected chi connectivity index (χ2v) is 9.92. The number of halogens is 1. The standard InChI is InChI=1S/C20H24ClN5O5S/c1-12-24-17(15-6-5-14(21)9-16(15)25-20(29)13-3-4-13)10-19(28)26(12)11-18(27)23-7-8-32(30,31)22-2/h5-6,9-10,13,22H,3-4,7-8,11H2,1-2H3,(H,23,27)(H,25,29). The van der Waals surface area contributed by atoms with E-state index in [2.05, 4.69) is 20.3 Å². The van der Waals surface area contributed by atoms with Gasteiger partial charge in [0.15, 0.2) is 0 Å². The van der Waals surface area contributed by atoms with Crippen LogP contribution in [0.25, 0.3) is 11.3 Å². The average Bonchev–Trinajstić information content (AvgIpc) is 3.56. The van der Waals surface area contributed by atoms with Crippen molar-refractivity contribution in [2.24, 2.45) is 5.92 Å². The Balaban J connectivity index is 1.78. The molecule has 0 atom stereocenters. The highest BCUT2D eigenvalue weighted by molar-refractivity contribution is 7.89. The van der Waals surface area contributed by atoms with E-state index in [1.165, 1.54) is 17.7 Å². The first-order valence-corrected chi connectivity index (χ1v) is 12.0. The van der Waals surface area contributed by atoms with Gasteiger partial charge in [0.25, 0.3) is 5.56 Å². The number of nitrogens with zero attached hydrogens (tertiary/aromatic N) is 2. The molecular weight excluding hydrogens is 458 g/mol. The number of carbonyl (C=O) groups is 2. The molecule has 0 spiro atoms. The van der Waals surface area contributed by atoms with Gasteiger partial charge in [-0.3, -0.25) is 19.0 Å². The number of anilines is 1. The van der Waals surface area contributed by atoms with E-state index in [4.69, 9.17) is 11.6 Å². The monoisotopic (exact) mass is 481 g/mol. The predicted octanol–water partition coefficient (Wildman–Crippen LogP) is 0.886. The minimum atomic E-state index is -3.44. The van der Waals surface area contributed by atoms with Crippen molar-refractivity contribution >= 4 is 39.1 Å². The summed E-state index contributed by atoms with van der Waals surface area (Å²) in [7, 11) is -2.15. The fourth-order valence-corrected chi connectivity index (χ4v) is 3.75. The summed E-state index contributed by atoms with van der Waals surface area (Å²) < 4.78 is 26.2. The van der Waals surface area contributed by atoms with Crippen molar-refractivity contribution in [1.82, 2.24) is 19.6 Å². The maximum absolute atomic E-state index is 12.7. The number of rotatable bonds is 9. The molecule has 0 radical (unpaired) electrons. The van der Waals surface area contributed by atoms with Gasteiger partial charge in [-0.1, -0.05) is 11.6 Å².